The molecule has 1 aromatic rings. The molecule has 1 aliphatic heterocycles. The maximum atomic E-state index is 4.55. The Morgan fingerprint density at radius 3 is 2.95 bits per heavy atom. The Morgan fingerprint density at radius 2 is 2.26 bits per heavy atom. The molecule has 3 heteroatoms. The highest BCUT2D eigenvalue weighted by Gasteiger charge is 2.14. The van der Waals surface area contributed by atoms with Crippen LogP contribution in [0.25, 0.3) is 0 Å². The smallest absolute Gasteiger partial charge is 0.126 e. The third kappa shape index (κ3) is 4.83. The van der Waals surface area contributed by atoms with Gasteiger partial charge in [0.05, 0.1) is 0 Å². The molecule has 2 N–H and O–H groups in total. The van der Waals surface area contributed by atoms with Crippen LogP contribution in [0.4, 0.5) is 5.82 Å². The van der Waals surface area contributed by atoms with Gasteiger partial charge in [0, 0.05) is 11.7 Å². The van der Waals surface area contributed by atoms with Gasteiger partial charge in [0.2, 0.25) is 0 Å². The van der Waals surface area contributed by atoms with Crippen LogP contribution in [0.15, 0.2) is 12.1 Å². The van der Waals surface area contributed by atoms with Gasteiger partial charge in [-0.25, -0.2) is 4.98 Å². The monoisotopic (exact) mass is 261 g/mol. The molecular weight excluding hydrogens is 234 g/mol. The van der Waals surface area contributed by atoms with E-state index in [1.807, 2.05) is 0 Å². The molecule has 2 unspecified atom stereocenters. The van der Waals surface area contributed by atoms with E-state index in [0.717, 1.165) is 17.4 Å². The third-order valence-electron chi connectivity index (χ3n) is 3.90. The Hall–Kier alpha value is -1.09. The maximum absolute atomic E-state index is 4.55. The topological polar surface area (TPSA) is 37.0 Å². The summed E-state index contributed by atoms with van der Waals surface area (Å²) < 4.78 is 0. The summed E-state index contributed by atoms with van der Waals surface area (Å²) in [4.78, 5) is 4.55. The Bertz CT molecular complexity index is 377. The highest BCUT2D eigenvalue weighted by atomic mass is 15.0. The number of hydrogen-bond donors (Lipinski definition) is 2. The molecule has 2 rings (SSSR count). The van der Waals surface area contributed by atoms with Crippen LogP contribution in [-0.4, -0.2) is 24.1 Å². The summed E-state index contributed by atoms with van der Waals surface area (Å²) in [5, 5.41) is 7.02. The van der Waals surface area contributed by atoms with Crippen molar-refractivity contribution in [2.75, 3.05) is 18.4 Å². The molecule has 0 amide bonds. The lowest BCUT2D eigenvalue weighted by Crippen LogP contribution is -2.30. The van der Waals surface area contributed by atoms with Crippen molar-refractivity contribution in [3.8, 4) is 0 Å². The number of nitrogens with zero attached hydrogens (tertiary/aromatic N) is 1. The second kappa shape index (κ2) is 6.90. The molecule has 19 heavy (non-hydrogen) atoms. The number of pyridine rings is 1. The number of aromatic nitrogens is 1. The first-order valence-corrected chi connectivity index (χ1v) is 7.56. The van der Waals surface area contributed by atoms with Crippen LogP contribution < -0.4 is 10.6 Å². The fourth-order valence-corrected chi connectivity index (χ4v) is 2.90. The molecule has 0 aromatic carbocycles. The molecule has 0 saturated carbocycles. The van der Waals surface area contributed by atoms with Gasteiger partial charge >= 0.3 is 0 Å². The SMILES string of the molecule is Cc1cc(C)nc(NC(C)CCC2CCCNC2)c1. The van der Waals surface area contributed by atoms with E-state index >= 15 is 0 Å². The van der Waals surface area contributed by atoms with Crippen molar-refractivity contribution in [3.05, 3.63) is 23.4 Å². The largest absolute Gasteiger partial charge is 0.368 e. The van der Waals surface area contributed by atoms with Crippen molar-refractivity contribution in [2.24, 2.45) is 5.92 Å². The Kier molecular flexibility index (Phi) is 5.20. The quantitative estimate of drug-likeness (QED) is 0.854. The van der Waals surface area contributed by atoms with Gasteiger partial charge in [-0.3, -0.25) is 0 Å². The first-order valence-electron chi connectivity index (χ1n) is 7.56. The van der Waals surface area contributed by atoms with E-state index in [1.165, 1.54) is 44.3 Å². The van der Waals surface area contributed by atoms with E-state index in [2.05, 4.69) is 48.5 Å². The van der Waals surface area contributed by atoms with Crippen LogP contribution in [0.5, 0.6) is 0 Å². The molecule has 1 aliphatic rings. The summed E-state index contributed by atoms with van der Waals surface area (Å²) in [6, 6.07) is 4.74. The Labute approximate surface area is 117 Å². The second-order valence-electron chi connectivity index (χ2n) is 6.01. The number of aryl methyl sites for hydroxylation is 2. The van der Waals surface area contributed by atoms with Gasteiger partial charge in [0.25, 0.3) is 0 Å². The predicted molar refractivity (Wildman–Crippen MR) is 81.6 cm³/mol. The van der Waals surface area contributed by atoms with Crippen LogP contribution in [0, 0.1) is 19.8 Å². The highest BCUT2D eigenvalue weighted by Crippen LogP contribution is 2.18. The van der Waals surface area contributed by atoms with E-state index < -0.39 is 0 Å². The van der Waals surface area contributed by atoms with Gasteiger partial charge in [-0.2, -0.15) is 0 Å². The van der Waals surface area contributed by atoms with Gasteiger partial charge < -0.3 is 10.6 Å². The van der Waals surface area contributed by atoms with Crippen LogP contribution in [0.2, 0.25) is 0 Å². The standard InChI is InChI=1S/C16H27N3/c1-12-9-14(3)19-16(10-12)18-13(2)6-7-15-5-4-8-17-11-15/h9-10,13,15,17H,4-8,11H2,1-3H3,(H,18,19). The van der Waals surface area contributed by atoms with E-state index in [0.29, 0.717) is 6.04 Å². The lowest BCUT2D eigenvalue weighted by molar-refractivity contribution is 0.346. The van der Waals surface area contributed by atoms with Crippen molar-refractivity contribution in [1.82, 2.24) is 10.3 Å². The van der Waals surface area contributed by atoms with Gasteiger partial charge in [-0.15, -0.1) is 0 Å². The molecule has 3 nitrogen and oxygen atoms in total. The molecule has 0 aliphatic carbocycles. The number of nitrogens with one attached hydrogen (secondary N) is 2. The summed E-state index contributed by atoms with van der Waals surface area (Å²) in [5.74, 6) is 1.89. The van der Waals surface area contributed by atoms with Crippen molar-refractivity contribution in [1.29, 1.82) is 0 Å². The molecule has 106 valence electrons. The summed E-state index contributed by atoms with van der Waals surface area (Å²) in [6.07, 6.45) is 5.26. The van der Waals surface area contributed by atoms with Crippen molar-refractivity contribution in [3.63, 3.8) is 0 Å². The van der Waals surface area contributed by atoms with Gasteiger partial charge in [0.15, 0.2) is 0 Å². The van der Waals surface area contributed by atoms with Gasteiger partial charge in [0.1, 0.15) is 5.82 Å². The average Bonchev–Trinajstić information content (AvgIpc) is 2.36. The molecule has 0 spiro atoms. The Morgan fingerprint density at radius 1 is 1.42 bits per heavy atom. The molecule has 2 atom stereocenters. The summed E-state index contributed by atoms with van der Waals surface area (Å²) in [7, 11) is 0. The van der Waals surface area contributed by atoms with Gasteiger partial charge in [-0.1, -0.05) is 0 Å². The maximum Gasteiger partial charge on any atom is 0.126 e. The minimum absolute atomic E-state index is 0.496. The van der Waals surface area contributed by atoms with Crippen LogP contribution >= 0.6 is 0 Å². The lowest BCUT2D eigenvalue weighted by Gasteiger charge is -2.24. The highest BCUT2D eigenvalue weighted by molar-refractivity contribution is 5.39. The van der Waals surface area contributed by atoms with E-state index in [1.54, 1.807) is 0 Å². The van der Waals surface area contributed by atoms with E-state index in [4.69, 9.17) is 0 Å². The van der Waals surface area contributed by atoms with Crippen molar-refractivity contribution < 1.29 is 0 Å². The normalized spacial score (nSPS) is 21.1. The zero-order valence-corrected chi connectivity index (χ0v) is 12.5. The molecule has 0 bridgehead atoms. The third-order valence-corrected chi connectivity index (χ3v) is 3.90. The minimum Gasteiger partial charge on any atom is -0.368 e. The summed E-state index contributed by atoms with van der Waals surface area (Å²) in [6.45, 7) is 8.84. The van der Waals surface area contributed by atoms with Crippen LogP contribution in [-0.2, 0) is 0 Å². The molecule has 2 heterocycles. The first-order chi connectivity index (χ1) is 9.13. The zero-order valence-electron chi connectivity index (χ0n) is 12.5. The predicted octanol–water partition coefficient (Wildman–Crippen LogP) is 3.28. The summed E-state index contributed by atoms with van der Waals surface area (Å²) in [5.41, 5.74) is 2.37. The van der Waals surface area contributed by atoms with Crippen LogP contribution in [0.1, 0.15) is 43.9 Å². The van der Waals surface area contributed by atoms with Gasteiger partial charge in [-0.05, 0) is 83.2 Å². The fraction of sp³-hybridized carbons (Fsp3) is 0.688. The first kappa shape index (κ1) is 14.3. The fourth-order valence-electron chi connectivity index (χ4n) is 2.90. The molecule has 1 saturated heterocycles. The number of piperidine rings is 1. The average molecular weight is 261 g/mol. The second-order valence-corrected chi connectivity index (χ2v) is 6.01. The van der Waals surface area contributed by atoms with Crippen molar-refractivity contribution >= 4 is 5.82 Å². The number of anilines is 1. The molecule has 0 radical (unpaired) electrons. The molecule has 1 fully saturated rings. The van der Waals surface area contributed by atoms with Crippen LogP contribution in [0.3, 0.4) is 0 Å². The lowest BCUT2D eigenvalue weighted by atomic mass is 9.93. The number of rotatable bonds is 5. The summed E-state index contributed by atoms with van der Waals surface area (Å²) >= 11 is 0. The number of hydrogen-bond acceptors (Lipinski definition) is 3. The minimum atomic E-state index is 0.496. The molecule has 1 aromatic heterocycles. The molecular formula is C16H27N3. The van der Waals surface area contributed by atoms with Crippen molar-refractivity contribution in [2.45, 2.75) is 52.5 Å². The van der Waals surface area contributed by atoms with E-state index in [9.17, 15) is 0 Å². The Balaban J connectivity index is 1.78. The zero-order chi connectivity index (χ0) is 13.7. The van der Waals surface area contributed by atoms with E-state index in [-0.39, 0.29) is 0 Å².